The second kappa shape index (κ2) is 11.6. The van der Waals surface area contributed by atoms with E-state index in [0.717, 1.165) is 19.6 Å². The van der Waals surface area contributed by atoms with E-state index in [1.807, 2.05) is 0 Å². The van der Waals surface area contributed by atoms with Crippen molar-refractivity contribution in [3.8, 4) is 0 Å². The smallest absolute Gasteiger partial charge is 0.325 e. The monoisotopic (exact) mass is 290 g/mol. The molecular weight excluding hydrogens is 264 g/mol. The van der Waals surface area contributed by atoms with E-state index < -0.39 is 12.0 Å². The van der Waals surface area contributed by atoms with Gasteiger partial charge in [-0.25, -0.2) is 0 Å². The molecule has 7 nitrogen and oxygen atoms in total. The van der Waals surface area contributed by atoms with E-state index in [4.69, 9.17) is 14.6 Å². The number of aliphatic carboxylic acids is 1. The maximum Gasteiger partial charge on any atom is 0.325 e. The minimum absolute atomic E-state index is 0.238. The zero-order valence-corrected chi connectivity index (χ0v) is 12.6. The molecule has 0 saturated carbocycles. The Kier molecular flexibility index (Phi) is 10.9. The highest BCUT2D eigenvalue weighted by molar-refractivity contribution is 5.83. The quantitative estimate of drug-likeness (QED) is 0.524. The normalized spacial score (nSPS) is 12.4. The van der Waals surface area contributed by atoms with Crippen molar-refractivity contribution in [1.29, 1.82) is 0 Å². The molecule has 0 bridgehead atoms. The number of carbonyl (C=O) groups is 2. The number of carboxylic acids is 1. The number of methoxy groups -OCH3 is 2. The Bertz CT molecular complexity index is 278. The highest BCUT2D eigenvalue weighted by Crippen LogP contribution is 1.97. The number of hydrogen-bond donors (Lipinski definition) is 2. The Hall–Kier alpha value is -1.18. The van der Waals surface area contributed by atoms with Gasteiger partial charge in [0.05, 0.1) is 13.2 Å². The molecule has 0 aliphatic carbocycles. The first kappa shape index (κ1) is 18.8. The molecule has 0 spiro atoms. The van der Waals surface area contributed by atoms with E-state index in [2.05, 4.69) is 10.2 Å². The third kappa shape index (κ3) is 9.71. The average molecular weight is 290 g/mol. The fourth-order valence-electron chi connectivity index (χ4n) is 1.61. The molecule has 0 aromatic carbocycles. The van der Waals surface area contributed by atoms with E-state index in [9.17, 15) is 9.59 Å². The Morgan fingerprint density at radius 1 is 1.15 bits per heavy atom. The number of rotatable bonds is 12. The highest BCUT2D eigenvalue weighted by atomic mass is 16.5. The molecule has 2 N–H and O–H groups in total. The summed E-state index contributed by atoms with van der Waals surface area (Å²) in [5, 5.41) is 11.1. The minimum Gasteiger partial charge on any atom is -0.480 e. The third-order valence-electron chi connectivity index (χ3n) is 2.85. The third-order valence-corrected chi connectivity index (χ3v) is 2.85. The van der Waals surface area contributed by atoms with E-state index >= 15 is 0 Å². The summed E-state index contributed by atoms with van der Waals surface area (Å²) in [5.74, 6) is -1.27. The van der Waals surface area contributed by atoms with Gasteiger partial charge in [0.15, 0.2) is 0 Å². The first-order valence-corrected chi connectivity index (χ1v) is 6.73. The summed E-state index contributed by atoms with van der Waals surface area (Å²) in [4.78, 5) is 24.3. The molecule has 0 aliphatic rings. The maximum absolute atomic E-state index is 11.5. The molecule has 20 heavy (non-hydrogen) atoms. The van der Waals surface area contributed by atoms with Crippen molar-refractivity contribution in [2.45, 2.75) is 25.8 Å². The number of carboxylic acid groups (broad SMARTS) is 1. The molecule has 0 saturated heterocycles. The molecule has 1 atom stereocenters. The molecule has 7 heteroatoms. The van der Waals surface area contributed by atoms with Crippen LogP contribution in [0.1, 0.15) is 19.8 Å². The van der Waals surface area contributed by atoms with Crippen molar-refractivity contribution in [2.75, 3.05) is 47.1 Å². The van der Waals surface area contributed by atoms with Crippen molar-refractivity contribution < 1.29 is 24.2 Å². The Morgan fingerprint density at radius 3 is 2.15 bits per heavy atom. The lowest BCUT2D eigenvalue weighted by atomic mass is 10.2. The number of carbonyl (C=O) groups excluding carboxylic acids is 1. The summed E-state index contributed by atoms with van der Waals surface area (Å²) >= 11 is 0. The number of hydrogen-bond acceptors (Lipinski definition) is 5. The van der Waals surface area contributed by atoms with Gasteiger partial charge < -0.3 is 19.9 Å². The van der Waals surface area contributed by atoms with Crippen LogP contribution in [0.3, 0.4) is 0 Å². The maximum atomic E-state index is 11.5. The molecule has 0 fully saturated rings. The van der Waals surface area contributed by atoms with Crippen LogP contribution in [0.15, 0.2) is 0 Å². The van der Waals surface area contributed by atoms with Crippen LogP contribution in [0.5, 0.6) is 0 Å². The molecule has 1 amide bonds. The van der Waals surface area contributed by atoms with Crippen LogP contribution in [-0.2, 0) is 19.1 Å². The summed E-state index contributed by atoms with van der Waals surface area (Å²) < 4.78 is 10.1. The molecule has 0 aromatic rings. The summed E-state index contributed by atoms with van der Waals surface area (Å²) in [7, 11) is 3.30. The first-order valence-electron chi connectivity index (χ1n) is 6.73. The number of nitrogens with one attached hydrogen (secondary N) is 1. The fourth-order valence-corrected chi connectivity index (χ4v) is 1.61. The Morgan fingerprint density at radius 2 is 1.70 bits per heavy atom. The van der Waals surface area contributed by atoms with Gasteiger partial charge in [-0.1, -0.05) is 0 Å². The van der Waals surface area contributed by atoms with Gasteiger partial charge in [0.1, 0.15) is 6.04 Å². The lowest BCUT2D eigenvalue weighted by Crippen LogP contribution is -2.38. The topological polar surface area (TPSA) is 88.1 Å². The van der Waals surface area contributed by atoms with Crippen LogP contribution < -0.4 is 5.32 Å². The van der Waals surface area contributed by atoms with Crippen molar-refractivity contribution in [3.05, 3.63) is 0 Å². The average Bonchev–Trinajstić information content (AvgIpc) is 2.40. The predicted molar refractivity (Wildman–Crippen MR) is 74.7 cm³/mol. The van der Waals surface area contributed by atoms with Crippen LogP contribution >= 0.6 is 0 Å². The zero-order chi connectivity index (χ0) is 15.4. The zero-order valence-electron chi connectivity index (χ0n) is 12.6. The standard InChI is InChI=1S/C13H26N2O5/c1-11(13(17)18)14-12(16)5-4-6-15(7-9-19-2)8-10-20-3/h11H,4-10H2,1-3H3,(H,14,16)(H,17,18). The number of nitrogens with zero attached hydrogens (tertiary/aromatic N) is 1. The second-order valence-corrected chi connectivity index (χ2v) is 4.56. The van der Waals surface area contributed by atoms with Crippen molar-refractivity contribution in [3.63, 3.8) is 0 Å². The molecular formula is C13H26N2O5. The van der Waals surface area contributed by atoms with Gasteiger partial charge in [-0.2, -0.15) is 0 Å². The fraction of sp³-hybridized carbons (Fsp3) is 0.846. The Balaban J connectivity index is 3.90. The largest absolute Gasteiger partial charge is 0.480 e. The summed E-state index contributed by atoms with van der Waals surface area (Å²) in [6.07, 6.45) is 0.986. The highest BCUT2D eigenvalue weighted by Gasteiger charge is 2.13. The summed E-state index contributed by atoms with van der Waals surface area (Å²) in [5.41, 5.74) is 0. The van der Waals surface area contributed by atoms with Crippen LogP contribution in [0.4, 0.5) is 0 Å². The summed E-state index contributed by atoms with van der Waals surface area (Å²) in [6.45, 7) is 5.03. The lowest BCUT2D eigenvalue weighted by Gasteiger charge is -2.21. The summed E-state index contributed by atoms with van der Waals surface area (Å²) in [6, 6.07) is -0.847. The molecule has 0 aromatic heterocycles. The molecule has 1 unspecified atom stereocenters. The van der Waals surface area contributed by atoms with Crippen LogP contribution in [0.2, 0.25) is 0 Å². The van der Waals surface area contributed by atoms with Crippen molar-refractivity contribution >= 4 is 11.9 Å². The van der Waals surface area contributed by atoms with E-state index in [0.29, 0.717) is 26.1 Å². The van der Waals surface area contributed by atoms with E-state index in [-0.39, 0.29) is 5.91 Å². The predicted octanol–water partition coefficient (Wildman–Crippen LogP) is -0.0493. The number of ether oxygens (including phenoxy) is 2. The van der Waals surface area contributed by atoms with Gasteiger partial charge in [0, 0.05) is 33.7 Å². The Labute approximate surface area is 120 Å². The second-order valence-electron chi connectivity index (χ2n) is 4.56. The van der Waals surface area contributed by atoms with Crippen LogP contribution in [-0.4, -0.2) is 75.0 Å². The molecule has 0 heterocycles. The van der Waals surface area contributed by atoms with Gasteiger partial charge in [0.2, 0.25) is 5.91 Å². The van der Waals surface area contributed by atoms with Gasteiger partial charge in [-0.05, 0) is 19.9 Å². The minimum atomic E-state index is -1.03. The van der Waals surface area contributed by atoms with Crippen LogP contribution in [0, 0.1) is 0 Å². The van der Waals surface area contributed by atoms with Gasteiger partial charge >= 0.3 is 5.97 Å². The van der Waals surface area contributed by atoms with Crippen LogP contribution in [0.25, 0.3) is 0 Å². The lowest BCUT2D eigenvalue weighted by molar-refractivity contribution is -0.141. The molecule has 0 rings (SSSR count). The molecule has 0 radical (unpaired) electrons. The van der Waals surface area contributed by atoms with Crippen molar-refractivity contribution in [1.82, 2.24) is 10.2 Å². The van der Waals surface area contributed by atoms with Gasteiger partial charge in [-0.3, -0.25) is 14.5 Å². The SMILES string of the molecule is COCCN(CCCC(=O)NC(C)C(=O)O)CCOC. The molecule has 0 aliphatic heterocycles. The first-order chi connectivity index (χ1) is 9.51. The van der Waals surface area contributed by atoms with E-state index in [1.165, 1.54) is 6.92 Å². The van der Waals surface area contributed by atoms with Gasteiger partial charge in [0.25, 0.3) is 0 Å². The van der Waals surface area contributed by atoms with E-state index in [1.54, 1.807) is 14.2 Å². The van der Waals surface area contributed by atoms with Gasteiger partial charge in [-0.15, -0.1) is 0 Å². The molecule has 118 valence electrons. The van der Waals surface area contributed by atoms with Crippen molar-refractivity contribution in [2.24, 2.45) is 0 Å². The number of amides is 1.